The number of nitrogens with zero attached hydrogens (tertiary/aromatic N) is 4. The highest BCUT2D eigenvalue weighted by Gasteiger charge is 2.23. The molecule has 0 saturated carbocycles. The minimum Gasteiger partial charge on any atom is -0.507 e. The van der Waals surface area contributed by atoms with Crippen molar-refractivity contribution in [3.63, 3.8) is 0 Å². The molecule has 2 aromatic carbocycles. The van der Waals surface area contributed by atoms with E-state index in [4.69, 9.17) is 12.2 Å². The Morgan fingerprint density at radius 2 is 1.18 bits per heavy atom. The van der Waals surface area contributed by atoms with E-state index in [1.807, 2.05) is 0 Å². The van der Waals surface area contributed by atoms with E-state index in [1.54, 1.807) is 20.7 Å². The van der Waals surface area contributed by atoms with Crippen LogP contribution in [0.25, 0.3) is 21.6 Å². The number of hydrogen-bond acceptors (Lipinski definition) is 10. The van der Waals surface area contributed by atoms with Crippen LogP contribution < -0.4 is 0 Å². The zero-order valence-electron chi connectivity index (χ0n) is 23.2. The van der Waals surface area contributed by atoms with Crippen LogP contribution in [0.4, 0.5) is 0 Å². The highest BCUT2D eigenvalue weighted by atomic mass is 32.9. The minimum absolute atomic E-state index is 0.191. The molecule has 3 aromatic rings. The smallest absolute Gasteiger partial charge is 0.124 e. The molecule has 5 rings (SSSR count). The van der Waals surface area contributed by atoms with E-state index in [9.17, 15) is 15.3 Å². The highest BCUT2D eigenvalue weighted by Crippen LogP contribution is 2.43. The number of piperazine rings is 2. The van der Waals surface area contributed by atoms with Gasteiger partial charge in [-0.2, -0.15) is 0 Å². The van der Waals surface area contributed by atoms with Crippen molar-refractivity contribution in [2.75, 3.05) is 78.7 Å². The number of aliphatic hydroxyl groups excluding tert-OH is 2. The molecule has 2 fully saturated rings. The molecule has 7 nitrogen and oxygen atoms in total. The lowest BCUT2D eigenvalue weighted by molar-refractivity contribution is 0.106. The Kier molecular flexibility index (Phi) is 10.4. The predicted molar refractivity (Wildman–Crippen MR) is 168 cm³/mol. The fourth-order valence-corrected chi connectivity index (χ4v) is 8.56. The molecular weight excluding hydrogens is 561 g/mol. The van der Waals surface area contributed by atoms with Gasteiger partial charge in [-0.05, 0) is 30.2 Å². The molecule has 0 atom stereocenters. The summed E-state index contributed by atoms with van der Waals surface area (Å²) in [5.74, 6) is 0.398. The second-order valence-corrected chi connectivity index (χ2v) is 13.7. The van der Waals surface area contributed by atoms with Gasteiger partial charge >= 0.3 is 0 Å². The summed E-state index contributed by atoms with van der Waals surface area (Å²) in [5.41, 5.74) is 6.51. The van der Waals surface area contributed by atoms with E-state index >= 15 is 0 Å². The van der Waals surface area contributed by atoms with Crippen molar-refractivity contribution in [3.05, 3.63) is 56.9 Å². The third-order valence-corrected chi connectivity index (χ3v) is 11.1. The third kappa shape index (κ3) is 7.18. The average Bonchev–Trinajstić information content (AvgIpc) is 3.35. The van der Waals surface area contributed by atoms with Gasteiger partial charge in [-0.1, -0.05) is 62.7 Å². The lowest BCUT2D eigenvalue weighted by Crippen LogP contribution is -2.47. The first kappa shape index (κ1) is 29.8. The second kappa shape index (κ2) is 14.0. The van der Waals surface area contributed by atoms with Crippen molar-refractivity contribution in [1.29, 1.82) is 0 Å². The maximum Gasteiger partial charge on any atom is 0.124 e. The van der Waals surface area contributed by atoms with Gasteiger partial charge in [0, 0.05) is 95.2 Å². The number of aryl methyl sites for hydroxylation is 1. The Labute approximate surface area is 249 Å². The molecule has 2 saturated heterocycles. The van der Waals surface area contributed by atoms with Crippen molar-refractivity contribution in [3.8, 4) is 27.3 Å². The molecule has 2 aliphatic heterocycles. The number of phenolic OH excluding ortho intramolecular Hbond substituents is 1. The van der Waals surface area contributed by atoms with Crippen LogP contribution in [-0.4, -0.2) is 114 Å². The summed E-state index contributed by atoms with van der Waals surface area (Å²) < 4.78 is 0.903. The number of rotatable bonds is 10. The molecule has 0 radical (unpaired) electrons. The number of hydrogen-bond donors (Lipinski definition) is 3. The maximum absolute atomic E-state index is 11.6. The van der Waals surface area contributed by atoms with Gasteiger partial charge in [0.25, 0.3) is 0 Å². The summed E-state index contributed by atoms with van der Waals surface area (Å²) in [6, 6.07) is 12.9. The van der Waals surface area contributed by atoms with E-state index in [-0.39, 0.29) is 13.2 Å². The summed E-state index contributed by atoms with van der Waals surface area (Å²) in [5, 5.41) is 30.2. The Hall–Kier alpha value is -1.73. The molecule has 0 bridgehead atoms. The van der Waals surface area contributed by atoms with Crippen LogP contribution in [0, 0.1) is 10.7 Å². The standard InChI is InChI=1S/C30H40N4O3S3/c1-22-2-4-23(5-3-22)27-29(39-40-30(27)38)24-18-25(20-33-10-6-31(7-11-33)14-16-35)28(37)26(19-24)21-34-12-8-32(9-13-34)15-17-36/h2-5,18-19,35-37H,6-17,20-21H2,1H3. The molecule has 0 unspecified atom stereocenters. The molecule has 0 amide bonds. The van der Waals surface area contributed by atoms with Gasteiger partial charge in [-0.15, -0.1) is 0 Å². The molecule has 3 heterocycles. The minimum atomic E-state index is 0.191. The van der Waals surface area contributed by atoms with Gasteiger partial charge in [-0.25, -0.2) is 0 Å². The number of phenols is 1. The first-order valence-corrected chi connectivity index (χ1v) is 16.7. The van der Waals surface area contributed by atoms with E-state index in [1.165, 1.54) is 10.4 Å². The van der Waals surface area contributed by atoms with E-state index < -0.39 is 0 Å². The zero-order valence-corrected chi connectivity index (χ0v) is 25.7. The van der Waals surface area contributed by atoms with Gasteiger partial charge in [0.2, 0.25) is 0 Å². The van der Waals surface area contributed by atoms with Crippen molar-refractivity contribution < 1.29 is 15.3 Å². The summed E-state index contributed by atoms with van der Waals surface area (Å²) in [4.78, 5) is 10.6. The number of aromatic hydroxyl groups is 1. The summed E-state index contributed by atoms with van der Waals surface area (Å²) in [7, 11) is 3.37. The number of benzene rings is 2. The highest BCUT2D eigenvalue weighted by molar-refractivity contribution is 7.80. The molecule has 1 aromatic heterocycles. The van der Waals surface area contributed by atoms with Crippen molar-refractivity contribution in [2.45, 2.75) is 20.0 Å². The van der Waals surface area contributed by atoms with Crippen molar-refractivity contribution in [2.24, 2.45) is 0 Å². The molecule has 3 N–H and O–H groups in total. The first-order chi connectivity index (χ1) is 19.4. The third-order valence-electron chi connectivity index (χ3n) is 8.05. The molecule has 0 spiro atoms. The SMILES string of the molecule is Cc1ccc(-c2c(-c3cc(CN4CCN(CCO)CC4)c(O)c(CN4CCN(CCO)CC4)c3)ssc2=S)cc1. The number of β-amino-alcohol motifs (C(OH)–C–C–N with tert-alkyl or cyclic N) is 2. The lowest BCUT2D eigenvalue weighted by atomic mass is 9.97. The summed E-state index contributed by atoms with van der Waals surface area (Å²) in [6.45, 7) is 12.7. The van der Waals surface area contributed by atoms with Gasteiger partial charge in [0.05, 0.1) is 18.1 Å². The van der Waals surface area contributed by atoms with Gasteiger partial charge in [-0.3, -0.25) is 19.6 Å². The van der Waals surface area contributed by atoms with Crippen LogP contribution in [0.5, 0.6) is 5.75 Å². The van der Waals surface area contributed by atoms with Crippen LogP contribution in [0.15, 0.2) is 36.4 Å². The summed E-state index contributed by atoms with van der Waals surface area (Å²) >= 11 is 5.82. The Balaban J connectivity index is 1.46. The van der Waals surface area contributed by atoms with Crippen LogP contribution in [0.1, 0.15) is 16.7 Å². The van der Waals surface area contributed by atoms with Gasteiger partial charge in [0.1, 0.15) is 9.57 Å². The lowest BCUT2D eigenvalue weighted by Gasteiger charge is -2.35. The molecule has 2 aliphatic rings. The Bertz CT molecular complexity index is 1260. The monoisotopic (exact) mass is 600 g/mol. The average molecular weight is 601 g/mol. The fourth-order valence-electron chi connectivity index (χ4n) is 5.66. The maximum atomic E-state index is 11.6. The summed E-state index contributed by atoms with van der Waals surface area (Å²) in [6.07, 6.45) is 0. The molecule has 0 aliphatic carbocycles. The Morgan fingerprint density at radius 1 is 0.700 bits per heavy atom. The Morgan fingerprint density at radius 3 is 1.65 bits per heavy atom. The quantitative estimate of drug-likeness (QED) is 0.237. The first-order valence-electron chi connectivity index (χ1n) is 14.1. The van der Waals surface area contributed by atoms with Crippen LogP contribution in [-0.2, 0) is 13.1 Å². The zero-order chi connectivity index (χ0) is 28.1. The fraction of sp³-hybridized carbons (Fsp3) is 0.500. The largest absolute Gasteiger partial charge is 0.507 e. The van der Waals surface area contributed by atoms with Crippen molar-refractivity contribution in [1.82, 2.24) is 19.6 Å². The predicted octanol–water partition coefficient (Wildman–Crippen LogP) is 4.11. The normalized spacial score (nSPS) is 18.0. The van der Waals surface area contributed by atoms with E-state index in [2.05, 4.69) is 62.9 Å². The van der Waals surface area contributed by atoms with Crippen LogP contribution >= 0.6 is 32.9 Å². The van der Waals surface area contributed by atoms with E-state index in [0.29, 0.717) is 18.8 Å². The topological polar surface area (TPSA) is 73.7 Å². The molecule has 216 valence electrons. The number of aliphatic hydroxyl groups is 2. The van der Waals surface area contributed by atoms with Gasteiger partial charge in [0.15, 0.2) is 0 Å². The van der Waals surface area contributed by atoms with E-state index in [0.717, 1.165) is 97.1 Å². The second-order valence-electron chi connectivity index (χ2n) is 10.9. The molecule has 40 heavy (non-hydrogen) atoms. The molecular formula is C30H40N4O3S3. The van der Waals surface area contributed by atoms with Crippen molar-refractivity contribution >= 4 is 32.9 Å². The van der Waals surface area contributed by atoms with Crippen LogP contribution in [0.3, 0.4) is 0 Å². The van der Waals surface area contributed by atoms with Gasteiger partial charge < -0.3 is 15.3 Å². The molecule has 10 heteroatoms. The van der Waals surface area contributed by atoms with Crippen LogP contribution in [0.2, 0.25) is 0 Å².